The first-order chi connectivity index (χ1) is 9.70. The second-order valence-electron chi connectivity index (χ2n) is 5.79. The van der Waals surface area contributed by atoms with Crippen molar-refractivity contribution >= 4 is 37.0 Å². The maximum atomic E-state index is 12.2. The van der Waals surface area contributed by atoms with Crippen molar-refractivity contribution in [3.63, 3.8) is 0 Å². The van der Waals surface area contributed by atoms with Crippen molar-refractivity contribution in [1.29, 1.82) is 0 Å². The van der Waals surface area contributed by atoms with E-state index in [0.717, 1.165) is 30.6 Å². The number of ether oxygens (including phenoxy) is 1. The van der Waals surface area contributed by atoms with E-state index in [0.29, 0.717) is 23.0 Å². The molecule has 0 N–H and O–H groups in total. The smallest absolute Gasteiger partial charge is 0.339 e. The van der Waals surface area contributed by atoms with Gasteiger partial charge in [0.25, 0.3) is 9.05 Å². The Morgan fingerprint density at radius 3 is 2.52 bits per heavy atom. The van der Waals surface area contributed by atoms with Crippen LogP contribution < -0.4 is 0 Å². The summed E-state index contributed by atoms with van der Waals surface area (Å²) in [6, 6.07) is 0. The van der Waals surface area contributed by atoms with E-state index in [4.69, 9.17) is 15.4 Å². The first-order valence-corrected chi connectivity index (χ1v) is 10.1. The predicted molar refractivity (Wildman–Crippen MR) is 83.5 cm³/mol. The average Bonchev–Trinajstić information content (AvgIpc) is 2.75. The minimum atomic E-state index is -3.81. The van der Waals surface area contributed by atoms with E-state index in [9.17, 15) is 13.2 Å². The lowest BCUT2D eigenvalue weighted by atomic mass is 9.80. The summed E-state index contributed by atoms with van der Waals surface area (Å²) >= 11 is 0.954. The second kappa shape index (κ2) is 6.26. The van der Waals surface area contributed by atoms with Gasteiger partial charge in [-0.05, 0) is 43.6 Å². The molecule has 0 radical (unpaired) electrons. The van der Waals surface area contributed by atoms with Gasteiger partial charge in [-0.2, -0.15) is 0 Å². The van der Waals surface area contributed by atoms with Crippen LogP contribution in [0.15, 0.2) is 9.59 Å². The van der Waals surface area contributed by atoms with Crippen LogP contribution in [0, 0.1) is 18.8 Å². The van der Waals surface area contributed by atoms with Crippen molar-refractivity contribution in [2.75, 3.05) is 0 Å². The molecule has 2 rings (SSSR count). The predicted octanol–water partition coefficient (Wildman–Crippen LogP) is 3.97. The van der Waals surface area contributed by atoms with Gasteiger partial charge in [0.15, 0.2) is 0 Å². The lowest BCUT2D eigenvalue weighted by Gasteiger charge is -2.31. The maximum Gasteiger partial charge on any atom is 0.339 e. The summed E-state index contributed by atoms with van der Waals surface area (Å²) in [7, 11) is 1.53. The molecule has 0 aromatic carbocycles. The minimum absolute atomic E-state index is 0.0155. The Labute approximate surface area is 133 Å². The van der Waals surface area contributed by atoms with Crippen LogP contribution >= 0.6 is 22.0 Å². The Kier molecular flexibility index (Phi) is 5.00. The number of rotatable bonds is 3. The average molecular weight is 351 g/mol. The Morgan fingerprint density at radius 2 is 2.00 bits per heavy atom. The van der Waals surface area contributed by atoms with Gasteiger partial charge in [0, 0.05) is 16.1 Å². The zero-order chi connectivity index (χ0) is 15.8. The summed E-state index contributed by atoms with van der Waals surface area (Å²) in [6.45, 7) is 5.95. The van der Waals surface area contributed by atoms with Crippen molar-refractivity contribution in [2.24, 2.45) is 11.8 Å². The van der Waals surface area contributed by atoms with E-state index in [1.54, 1.807) is 6.92 Å². The van der Waals surface area contributed by atoms with Crippen molar-refractivity contribution in [3.8, 4) is 0 Å². The minimum Gasteiger partial charge on any atom is -0.459 e. The highest BCUT2D eigenvalue weighted by molar-refractivity contribution is 8.15. The van der Waals surface area contributed by atoms with Gasteiger partial charge in [-0.15, -0.1) is 11.3 Å². The van der Waals surface area contributed by atoms with E-state index in [1.807, 2.05) is 0 Å². The van der Waals surface area contributed by atoms with Crippen LogP contribution in [0.5, 0.6) is 0 Å². The highest BCUT2D eigenvalue weighted by atomic mass is 35.7. The molecule has 1 aliphatic carbocycles. The van der Waals surface area contributed by atoms with Gasteiger partial charge in [0.2, 0.25) is 0 Å². The largest absolute Gasteiger partial charge is 0.459 e. The van der Waals surface area contributed by atoms with E-state index in [2.05, 4.69) is 13.8 Å². The summed E-state index contributed by atoms with van der Waals surface area (Å²) in [4.78, 5) is 12.2. The molecule has 0 bridgehead atoms. The molecular weight excluding hydrogens is 332 g/mol. The number of thiophene rings is 1. The number of carbonyl (C=O) groups is 1. The lowest BCUT2D eigenvalue weighted by molar-refractivity contribution is 0.00876. The van der Waals surface area contributed by atoms with Crippen LogP contribution in [0.2, 0.25) is 0 Å². The number of halogens is 1. The molecular formula is C14H19ClO4S2. The Balaban J connectivity index is 2.10. The third-order valence-corrected chi connectivity index (χ3v) is 7.57. The summed E-state index contributed by atoms with van der Waals surface area (Å²) in [6.07, 6.45) is 2.68. The first-order valence-electron chi connectivity index (χ1n) is 6.94. The van der Waals surface area contributed by atoms with Crippen LogP contribution in [-0.2, 0) is 13.8 Å². The normalized spacial score (nSPS) is 26.6. The molecule has 0 amide bonds. The van der Waals surface area contributed by atoms with E-state index >= 15 is 0 Å². The topological polar surface area (TPSA) is 60.4 Å². The quantitative estimate of drug-likeness (QED) is 0.611. The molecule has 1 fully saturated rings. The molecule has 0 aliphatic heterocycles. The SMILES string of the molecule is Cc1c(C(=O)OC2CCC(C)C(C)C2)csc1S(=O)(=O)Cl. The summed E-state index contributed by atoms with van der Waals surface area (Å²) in [5, 5.41) is 1.50. The standard InChI is InChI=1S/C14H19ClO4S2/c1-8-4-5-11(6-9(8)2)19-13(16)12-7-20-14(10(12)3)21(15,17)18/h7-9,11H,4-6H2,1-3H3. The fourth-order valence-electron chi connectivity index (χ4n) is 2.66. The molecule has 1 aliphatic rings. The molecule has 7 heteroatoms. The molecule has 3 atom stereocenters. The van der Waals surface area contributed by atoms with Gasteiger partial charge < -0.3 is 4.74 Å². The highest BCUT2D eigenvalue weighted by Gasteiger charge is 2.29. The van der Waals surface area contributed by atoms with Gasteiger partial charge in [-0.1, -0.05) is 13.8 Å². The fourth-order valence-corrected chi connectivity index (χ4v) is 5.20. The third kappa shape index (κ3) is 3.79. The molecule has 1 saturated carbocycles. The van der Waals surface area contributed by atoms with E-state index < -0.39 is 15.0 Å². The molecule has 0 spiro atoms. The van der Waals surface area contributed by atoms with E-state index in [-0.39, 0.29) is 10.3 Å². The monoisotopic (exact) mass is 350 g/mol. The zero-order valence-corrected chi connectivity index (χ0v) is 14.6. The van der Waals surface area contributed by atoms with Crippen LogP contribution in [0.3, 0.4) is 0 Å². The second-order valence-corrected chi connectivity index (χ2v) is 9.44. The zero-order valence-electron chi connectivity index (χ0n) is 12.3. The van der Waals surface area contributed by atoms with Gasteiger partial charge in [-0.25, -0.2) is 13.2 Å². The number of carbonyl (C=O) groups excluding carboxylic acids is 1. The van der Waals surface area contributed by atoms with Crippen molar-refractivity contribution in [1.82, 2.24) is 0 Å². The van der Waals surface area contributed by atoms with Crippen molar-refractivity contribution in [3.05, 3.63) is 16.5 Å². The van der Waals surface area contributed by atoms with Crippen molar-refractivity contribution in [2.45, 2.75) is 50.3 Å². The van der Waals surface area contributed by atoms with Crippen LogP contribution in [0.25, 0.3) is 0 Å². The first kappa shape index (κ1) is 16.8. The Hall–Kier alpha value is -0.590. The lowest BCUT2D eigenvalue weighted by Crippen LogP contribution is -2.28. The summed E-state index contributed by atoms with van der Waals surface area (Å²) in [5.41, 5.74) is 0.669. The van der Waals surface area contributed by atoms with Gasteiger partial charge in [-0.3, -0.25) is 0 Å². The summed E-state index contributed by atoms with van der Waals surface area (Å²) in [5.74, 6) is 0.719. The van der Waals surface area contributed by atoms with Gasteiger partial charge in [0.05, 0.1) is 5.56 Å². The third-order valence-electron chi connectivity index (χ3n) is 4.26. The molecule has 21 heavy (non-hydrogen) atoms. The van der Waals surface area contributed by atoms with Crippen LogP contribution in [0.1, 0.15) is 49.0 Å². The fraction of sp³-hybridized carbons (Fsp3) is 0.643. The van der Waals surface area contributed by atoms with Gasteiger partial charge >= 0.3 is 5.97 Å². The molecule has 0 saturated heterocycles. The highest BCUT2D eigenvalue weighted by Crippen LogP contribution is 2.33. The Morgan fingerprint density at radius 1 is 1.33 bits per heavy atom. The number of esters is 1. The molecule has 4 nitrogen and oxygen atoms in total. The van der Waals surface area contributed by atoms with Gasteiger partial charge in [0.1, 0.15) is 10.3 Å². The van der Waals surface area contributed by atoms with Crippen LogP contribution in [-0.4, -0.2) is 20.5 Å². The van der Waals surface area contributed by atoms with Crippen LogP contribution in [0.4, 0.5) is 0 Å². The molecule has 118 valence electrons. The maximum absolute atomic E-state index is 12.2. The Bertz CT molecular complexity index is 635. The van der Waals surface area contributed by atoms with E-state index in [1.165, 1.54) is 5.38 Å². The number of hydrogen-bond donors (Lipinski definition) is 0. The molecule has 1 aromatic rings. The van der Waals surface area contributed by atoms with Crippen molar-refractivity contribution < 1.29 is 17.9 Å². The molecule has 1 aromatic heterocycles. The molecule has 3 unspecified atom stereocenters. The number of hydrogen-bond acceptors (Lipinski definition) is 5. The molecule has 1 heterocycles. The summed E-state index contributed by atoms with van der Waals surface area (Å²) < 4.78 is 28.3.